The summed E-state index contributed by atoms with van der Waals surface area (Å²) in [6.45, 7) is 14.5. The van der Waals surface area contributed by atoms with E-state index in [1.807, 2.05) is 20.8 Å². The van der Waals surface area contributed by atoms with Crippen molar-refractivity contribution in [2.75, 3.05) is 31.1 Å². The lowest BCUT2D eigenvalue weighted by molar-refractivity contribution is -0.147. The molecule has 4 rings (SSSR count). The molecule has 0 aliphatic carbocycles. The summed E-state index contributed by atoms with van der Waals surface area (Å²) in [6.07, 6.45) is 5.18. The number of carbonyl (C=O) groups is 3. The van der Waals surface area contributed by atoms with Crippen molar-refractivity contribution in [3.05, 3.63) is 54.6 Å². The van der Waals surface area contributed by atoms with Gasteiger partial charge in [-0.25, -0.2) is 0 Å². The van der Waals surface area contributed by atoms with Gasteiger partial charge in [0.25, 0.3) is 5.91 Å². The molecule has 218 valence electrons. The van der Waals surface area contributed by atoms with Gasteiger partial charge in [-0.1, -0.05) is 56.7 Å². The van der Waals surface area contributed by atoms with Crippen LogP contribution in [0.5, 0.6) is 0 Å². The molecular weight excluding hydrogens is 530 g/mol. The molecule has 1 aromatic rings. The Balaban J connectivity index is 1.83. The molecule has 1 aromatic carbocycles. The third-order valence-corrected chi connectivity index (χ3v) is 8.80. The van der Waals surface area contributed by atoms with E-state index in [1.165, 1.54) is 4.90 Å². The van der Waals surface area contributed by atoms with Gasteiger partial charge in [0.05, 0.1) is 41.3 Å². The van der Waals surface area contributed by atoms with Crippen LogP contribution < -0.4 is 4.90 Å². The van der Waals surface area contributed by atoms with Crippen molar-refractivity contribution in [2.45, 2.75) is 70.2 Å². The van der Waals surface area contributed by atoms with Crippen LogP contribution in [-0.4, -0.2) is 82.7 Å². The molecule has 0 aromatic heterocycles. The average molecular weight is 572 g/mol. The quantitative estimate of drug-likeness (QED) is 0.361. The van der Waals surface area contributed by atoms with Crippen LogP contribution in [0.1, 0.15) is 46.5 Å². The van der Waals surface area contributed by atoms with Crippen LogP contribution in [0.15, 0.2) is 49.6 Å². The van der Waals surface area contributed by atoms with E-state index in [-0.39, 0.29) is 36.8 Å². The second-order valence-electron chi connectivity index (χ2n) is 11.5. The summed E-state index contributed by atoms with van der Waals surface area (Å²) < 4.78 is 6.63. The second kappa shape index (κ2) is 12.5. The Hall–Kier alpha value is -2.68. The van der Waals surface area contributed by atoms with Gasteiger partial charge in [-0.15, -0.1) is 13.2 Å². The van der Waals surface area contributed by atoms with Gasteiger partial charge in [0.2, 0.25) is 11.8 Å². The van der Waals surface area contributed by atoms with Crippen molar-refractivity contribution in [3.63, 3.8) is 0 Å². The molecule has 3 aliphatic heterocycles. The maximum atomic E-state index is 14.6. The Morgan fingerprint density at radius 3 is 2.52 bits per heavy atom. The van der Waals surface area contributed by atoms with E-state index >= 15 is 0 Å². The number of carbonyl (C=O) groups excluding carboxylic acids is 3. The van der Waals surface area contributed by atoms with Gasteiger partial charge in [0.15, 0.2) is 0 Å². The number of aliphatic hydroxyl groups excluding tert-OH is 1. The highest BCUT2D eigenvalue weighted by molar-refractivity contribution is 6.34. The fourth-order valence-electron chi connectivity index (χ4n) is 7.05. The van der Waals surface area contributed by atoms with Crippen molar-refractivity contribution in [3.8, 4) is 0 Å². The SMILES string of the molecule is C=CCN(CCC)C(=O)[C@@H]1[C@H]2C(=O)N([C@@H](CO)CC(C)C)C(C(=O)N(CC=C)c3ccccc3Cl)C23CC[C@H]1O3. The second-order valence-corrected chi connectivity index (χ2v) is 11.9. The lowest BCUT2D eigenvalue weighted by Crippen LogP contribution is -2.59. The molecule has 8 nitrogen and oxygen atoms in total. The number of para-hydroxylation sites is 1. The van der Waals surface area contributed by atoms with Crippen molar-refractivity contribution >= 4 is 35.0 Å². The van der Waals surface area contributed by atoms with Crippen LogP contribution in [-0.2, 0) is 19.1 Å². The zero-order valence-electron chi connectivity index (χ0n) is 23.8. The molecule has 40 heavy (non-hydrogen) atoms. The number of hydrogen-bond donors (Lipinski definition) is 1. The van der Waals surface area contributed by atoms with Crippen molar-refractivity contribution in [2.24, 2.45) is 17.8 Å². The lowest BCUT2D eigenvalue weighted by Gasteiger charge is -2.39. The Kier molecular flexibility index (Phi) is 9.43. The molecule has 1 N–H and O–H groups in total. The third kappa shape index (κ3) is 5.10. The molecule has 3 heterocycles. The number of rotatable bonds is 13. The first-order valence-corrected chi connectivity index (χ1v) is 14.7. The van der Waals surface area contributed by atoms with Crippen LogP contribution >= 0.6 is 11.6 Å². The molecule has 2 bridgehead atoms. The number of halogens is 1. The largest absolute Gasteiger partial charge is 0.394 e. The number of hydrogen-bond acceptors (Lipinski definition) is 5. The number of anilines is 1. The summed E-state index contributed by atoms with van der Waals surface area (Å²) in [5.41, 5.74) is -0.665. The summed E-state index contributed by atoms with van der Waals surface area (Å²) in [6, 6.07) is 5.44. The Labute approximate surface area is 242 Å². The zero-order chi connectivity index (χ0) is 29.2. The van der Waals surface area contributed by atoms with E-state index < -0.39 is 35.6 Å². The molecule has 3 saturated heterocycles. The smallest absolute Gasteiger partial charge is 0.253 e. The third-order valence-electron chi connectivity index (χ3n) is 8.48. The summed E-state index contributed by atoms with van der Waals surface area (Å²) in [5, 5.41) is 10.9. The number of fused-ring (bicyclic) bond motifs is 1. The van der Waals surface area contributed by atoms with Crippen LogP contribution in [0, 0.1) is 17.8 Å². The predicted molar refractivity (Wildman–Crippen MR) is 156 cm³/mol. The highest BCUT2D eigenvalue weighted by Gasteiger charge is 2.75. The summed E-state index contributed by atoms with van der Waals surface area (Å²) >= 11 is 6.54. The van der Waals surface area contributed by atoms with Gasteiger partial charge in [-0.2, -0.15) is 0 Å². The molecule has 0 saturated carbocycles. The minimum atomic E-state index is -1.17. The highest BCUT2D eigenvalue weighted by atomic mass is 35.5. The van der Waals surface area contributed by atoms with Crippen LogP contribution in [0.3, 0.4) is 0 Å². The summed E-state index contributed by atoms with van der Waals surface area (Å²) in [7, 11) is 0. The monoisotopic (exact) mass is 571 g/mol. The van der Waals surface area contributed by atoms with E-state index in [0.717, 1.165) is 6.42 Å². The minimum absolute atomic E-state index is 0.141. The van der Waals surface area contributed by atoms with Crippen molar-refractivity contribution in [1.29, 1.82) is 0 Å². The molecule has 3 aliphatic rings. The van der Waals surface area contributed by atoms with Gasteiger partial charge in [-0.3, -0.25) is 14.4 Å². The van der Waals surface area contributed by atoms with Crippen LogP contribution in [0.4, 0.5) is 5.69 Å². The normalized spacial score (nSPS) is 27.6. The maximum Gasteiger partial charge on any atom is 0.253 e. The first-order valence-electron chi connectivity index (χ1n) is 14.3. The van der Waals surface area contributed by atoms with Gasteiger partial charge in [-0.05, 0) is 43.7 Å². The lowest BCUT2D eigenvalue weighted by atomic mass is 9.70. The number of ether oxygens (including phenoxy) is 1. The number of amides is 3. The van der Waals surface area contributed by atoms with E-state index in [0.29, 0.717) is 43.1 Å². The molecule has 3 fully saturated rings. The molecule has 6 atom stereocenters. The van der Waals surface area contributed by atoms with Gasteiger partial charge in [0, 0.05) is 19.6 Å². The molecule has 9 heteroatoms. The Bertz CT molecular complexity index is 1140. The molecular formula is C31H42ClN3O5. The summed E-state index contributed by atoms with van der Waals surface area (Å²) in [4.78, 5) is 47.8. The Morgan fingerprint density at radius 1 is 1.23 bits per heavy atom. The van der Waals surface area contributed by atoms with Gasteiger partial charge >= 0.3 is 0 Å². The first kappa shape index (κ1) is 30.3. The fourth-order valence-corrected chi connectivity index (χ4v) is 7.29. The minimum Gasteiger partial charge on any atom is -0.394 e. The zero-order valence-corrected chi connectivity index (χ0v) is 24.6. The number of likely N-dealkylation sites (tertiary alicyclic amines) is 1. The topological polar surface area (TPSA) is 90.4 Å². The maximum absolute atomic E-state index is 14.6. The van der Waals surface area contributed by atoms with E-state index in [4.69, 9.17) is 16.3 Å². The summed E-state index contributed by atoms with van der Waals surface area (Å²) in [5.74, 6) is -2.14. The van der Waals surface area contributed by atoms with Gasteiger partial charge in [0.1, 0.15) is 11.6 Å². The number of nitrogens with zero attached hydrogens (tertiary/aromatic N) is 3. The van der Waals surface area contributed by atoms with Crippen LogP contribution in [0.25, 0.3) is 0 Å². The van der Waals surface area contributed by atoms with Crippen molar-refractivity contribution in [1.82, 2.24) is 9.80 Å². The molecule has 3 amide bonds. The molecule has 0 radical (unpaired) electrons. The Morgan fingerprint density at radius 2 is 1.93 bits per heavy atom. The number of benzene rings is 1. The van der Waals surface area contributed by atoms with E-state index in [1.54, 1.807) is 46.2 Å². The molecule has 2 unspecified atom stereocenters. The standard InChI is InChI=1S/C31H42ClN3O5/c1-6-15-33(16-7-2)28(37)25-24-13-14-31(40-24)26(25)29(38)35(21(19-36)18-20(4)5)27(31)30(39)34(17-8-3)23-12-10-9-11-22(23)32/h6,8-12,20-21,24-27,36H,1,3,7,13-19H2,2,4-5H3/t21-,24-,25+,26+,27?,31?/m1/s1. The van der Waals surface area contributed by atoms with E-state index in [2.05, 4.69) is 13.2 Å². The predicted octanol–water partition coefficient (Wildman–Crippen LogP) is 4.07. The van der Waals surface area contributed by atoms with E-state index in [9.17, 15) is 19.5 Å². The number of aliphatic hydroxyl groups is 1. The van der Waals surface area contributed by atoms with Gasteiger partial charge < -0.3 is 24.5 Å². The average Bonchev–Trinajstić information content (AvgIpc) is 3.57. The van der Waals surface area contributed by atoms with Crippen LogP contribution in [0.2, 0.25) is 5.02 Å². The highest BCUT2D eigenvalue weighted by Crippen LogP contribution is 2.59. The first-order chi connectivity index (χ1) is 19.2. The molecule has 1 spiro atoms. The fraction of sp³-hybridized carbons (Fsp3) is 0.581. The van der Waals surface area contributed by atoms with Crippen molar-refractivity contribution < 1.29 is 24.2 Å².